The molecule has 9 nitrogen and oxygen atoms in total. The van der Waals surface area contributed by atoms with Crippen LogP contribution in [0.5, 0.6) is 0 Å². The van der Waals surface area contributed by atoms with Crippen molar-refractivity contribution in [2.75, 3.05) is 6.54 Å². The van der Waals surface area contributed by atoms with Gasteiger partial charge in [-0.15, -0.1) is 0 Å². The number of hydrogen-bond donors (Lipinski definition) is 3. The summed E-state index contributed by atoms with van der Waals surface area (Å²) >= 11 is 0. The van der Waals surface area contributed by atoms with Crippen LogP contribution < -0.4 is 10.6 Å². The second kappa shape index (κ2) is 12.2. The third kappa shape index (κ3) is 7.92. The number of likely N-dealkylation sites (tertiary alicyclic amines) is 1. The molecule has 3 aliphatic rings. The van der Waals surface area contributed by atoms with Crippen LogP contribution in [0.1, 0.15) is 56.9 Å². The van der Waals surface area contributed by atoms with E-state index in [9.17, 15) is 27.6 Å². The summed E-state index contributed by atoms with van der Waals surface area (Å²) in [5.41, 5.74) is 0.896. The van der Waals surface area contributed by atoms with Crippen LogP contribution in [0.25, 0.3) is 0 Å². The second-order valence-corrected chi connectivity index (χ2v) is 9.38. The number of alkyl halides is 3. The predicted molar refractivity (Wildman–Crippen MR) is 121 cm³/mol. The summed E-state index contributed by atoms with van der Waals surface area (Å²) in [4.78, 5) is 53.3. The molecule has 36 heavy (non-hydrogen) atoms. The van der Waals surface area contributed by atoms with E-state index in [1.807, 2.05) is 12.1 Å². The Bertz CT molecular complexity index is 933. The van der Waals surface area contributed by atoms with E-state index in [0.717, 1.165) is 50.5 Å². The highest BCUT2D eigenvalue weighted by molar-refractivity contribution is 5.93. The number of pyridine rings is 1. The molecule has 1 saturated heterocycles. The van der Waals surface area contributed by atoms with Gasteiger partial charge in [0.05, 0.1) is 0 Å². The Morgan fingerprint density at radius 2 is 1.72 bits per heavy atom. The van der Waals surface area contributed by atoms with Crippen molar-refractivity contribution in [3.05, 3.63) is 30.1 Å². The SMILES string of the molecule is O=C(N[C@@H](Cc1cccnc1)C(=O)N1CCC[C@H]1C(=O)NC1CCCC1)C1CC1.O=C(O)C(F)(F)F. The molecular formula is C24H31F3N4O5. The zero-order chi connectivity index (χ0) is 26.3. The Hall–Kier alpha value is -3.18. The standard InChI is InChI=1S/C22H30N4O3.C2HF3O2/c27-20(16-9-10-16)25-18(13-15-5-3-11-23-14-15)22(29)26-12-4-8-19(26)21(28)24-17-6-1-2-7-17;3-2(4,5)1(6)7/h3,5,11,14,16-19H,1-2,4,6-10,12-13H2,(H,24,28)(H,25,27);(H,6,7)/t18-,19-;/m0./s1. The van der Waals surface area contributed by atoms with Crippen LogP contribution in [0.15, 0.2) is 24.5 Å². The van der Waals surface area contributed by atoms with Gasteiger partial charge >= 0.3 is 12.1 Å². The lowest BCUT2D eigenvalue weighted by Crippen LogP contribution is -2.55. The third-order valence-electron chi connectivity index (χ3n) is 6.51. The highest BCUT2D eigenvalue weighted by Gasteiger charge is 2.40. The Morgan fingerprint density at radius 3 is 2.28 bits per heavy atom. The van der Waals surface area contributed by atoms with Crippen LogP contribution in [0.2, 0.25) is 0 Å². The minimum atomic E-state index is -5.08. The van der Waals surface area contributed by atoms with Crippen LogP contribution in [-0.4, -0.2) is 69.5 Å². The molecule has 0 unspecified atom stereocenters. The molecule has 4 rings (SSSR count). The molecule has 1 aliphatic heterocycles. The van der Waals surface area contributed by atoms with E-state index >= 15 is 0 Å². The monoisotopic (exact) mass is 512 g/mol. The van der Waals surface area contributed by atoms with E-state index in [4.69, 9.17) is 9.90 Å². The zero-order valence-corrected chi connectivity index (χ0v) is 19.8. The van der Waals surface area contributed by atoms with Crippen LogP contribution in [0.3, 0.4) is 0 Å². The molecule has 2 aliphatic carbocycles. The summed E-state index contributed by atoms with van der Waals surface area (Å²) < 4.78 is 31.7. The van der Waals surface area contributed by atoms with Gasteiger partial charge in [-0.1, -0.05) is 18.9 Å². The van der Waals surface area contributed by atoms with Gasteiger partial charge in [-0.2, -0.15) is 13.2 Å². The average Bonchev–Trinajstić information content (AvgIpc) is 3.34. The Morgan fingerprint density at radius 1 is 1.06 bits per heavy atom. The molecule has 3 fully saturated rings. The molecule has 3 N–H and O–H groups in total. The maximum Gasteiger partial charge on any atom is 0.490 e. The topological polar surface area (TPSA) is 129 Å². The summed E-state index contributed by atoms with van der Waals surface area (Å²) in [5.74, 6) is -2.99. The van der Waals surface area contributed by atoms with Crippen LogP contribution >= 0.6 is 0 Å². The molecule has 1 aromatic rings. The number of nitrogens with one attached hydrogen (secondary N) is 2. The zero-order valence-electron chi connectivity index (χ0n) is 19.8. The number of amides is 3. The van der Waals surface area contributed by atoms with Crippen LogP contribution in [0.4, 0.5) is 13.2 Å². The smallest absolute Gasteiger partial charge is 0.475 e. The minimum absolute atomic E-state index is 0.0271. The van der Waals surface area contributed by atoms with Gasteiger partial charge in [-0.05, 0) is 50.2 Å². The molecule has 1 aromatic heterocycles. The molecule has 2 saturated carbocycles. The molecule has 2 atom stereocenters. The fourth-order valence-electron chi connectivity index (χ4n) is 4.46. The van der Waals surface area contributed by atoms with Crippen molar-refractivity contribution < 1.29 is 37.5 Å². The number of carbonyl (C=O) groups is 4. The van der Waals surface area contributed by atoms with Gasteiger partial charge in [0.2, 0.25) is 17.7 Å². The third-order valence-corrected chi connectivity index (χ3v) is 6.51. The molecule has 0 bridgehead atoms. The highest BCUT2D eigenvalue weighted by atomic mass is 19.4. The van der Waals surface area contributed by atoms with Crippen molar-refractivity contribution in [1.29, 1.82) is 0 Å². The normalized spacial score (nSPS) is 20.8. The number of rotatable bonds is 7. The quantitative estimate of drug-likeness (QED) is 0.514. The summed E-state index contributed by atoms with van der Waals surface area (Å²) in [7, 11) is 0. The summed E-state index contributed by atoms with van der Waals surface area (Å²) in [6.07, 6.45) is 6.32. The number of aliphatic carboxylic acids is 1. The van der Waals surface area contributed by atoms with E-state index in [1.165, 1.54) is 0 Å². The first kappa shape index (κ1) is 27.4. The van der Waals surface area contributed by atoms with E-state index in [2.05, 4.69) is 15.6 Å². The molecule has 2 heterocycles. The first-order chi connectivity index (χ1) is 17.1. The van der Waals surface area contributed by atoms with Crippen molar-refractivity contribution in [3.8, 4) is 0 Å². The van der Waals surface area contributed by atoms with Gasteiger partial charge in [0, 0.05) is 37.3 Å². The number of nitrogens with zero attached hydrogens (tertiary/aromatic N) is 2. The van der Waals surface area contributed by atoms with E-state index < -0.39 is 24.2 Å². The first-order valence-electron chi connectivity index (χ1n) is 12.2. The molecule has 0 aromatic carbocycles. The molecule has 12 heteroatoms. The summed E-state index contributed by atoms with van der Waals surface area (Å²) in [5, 5.41) is 13.2. The Balaban J connectivity index is 0.000000454. The fourth-order valence-corrected chi connectivity index (χ4v) is 4.46. The molecule has 198 valence electrons. The molecule has 0 radical (unpaired) electrons. The maximum absolute atomic E-state index is 13.4. The van der Waals surface area contributed by atoms with Gasteiger partial charge < -0.3 is 20.6 Å². The average molecular weight is 513 g/mol. The number of hydrogen-bond acceptors (Lipinski definition) is 5. The number of carboxylic acid groups (broad SMARTS) is 1. The molecule has 3 amide bonds. The van der Waals surface area contributed by atoms with Gasteiger partial charge in [0.25, 0.3) is 0 Å². The summed E-state index contributed by atoms with van der Waals surface area (Å²) in [6, 6.07) is 2.88. The highest BCUT2D eigenvalue weighted by Crippen LogP contribution is 2.29. The van der Waals surface area contributed by atoms with Crippen molar-refractivity contribution >= 4 is 23.7 Å². The van der Waals surface area contributed by atoms with E-state index in [0.29, 0.717) is 19.4 Å². The largest absolute Gasteiger partial charge is 0.490 e. The van der Waals surface area contributed by atoms with Crippen molar-refractivity contribution in [3.63, 3.8) is 0 Å². The number of carbonyl (C=O) groups excluding carboxylic acids is 3. The van der Waals surface area contributed by atoms with Gasteiger partial charge in [-0.25, -0.2) is 4.79 Å². The Kier molecular flexibility index (Phi) is 9.27. The van der Waals surface area contributed by atoms with Gasteiger partial charge in [0.15, 0.2) is 0 Å². The van der Waals surface area contributed by atoms with E-state index in [1.54, 1.807) is 17.3 Å². The van der Waals surface area contributed by atoms with E-state index in [-0.39, 0.29) is 29.7 Å². The lowest BCUT2D eigenvalue weighted by atomic mass is 10.1. The lowest BCUT2D eigenvalue weighted by Gasteiger charge is -2.29. The maximum atomic E-state index is 13.4. The van der Waals surface area contributed by atoms with Gasteiger partial charge in [0.1, 0.15) is 12.1 Å². The second-order valence-electron chi connectivity index (χ2n) is 9.38. The number of carboxylic acids is 1. The number of halogens is 3. The lowest BCUT2D eigenvalue weighted by molar-refractivity contribution is -0.192. The summed E-state index contributed by atoms with van der Waals surface area (Å²) in [6.45, 7) is 0.560. The van der Waals surface area contributed by atoms with Crippen molar-refractivity contribution in [2.45, 2.75) is 82.1 Å². The van der Waals surface area contributed by atoms with Crippen LogP contribution in [-0.2, 0) is 25.6 Å². The van der Waals surface area contributed by atoms with Crippen LogP contribution in [0, 0.1) is 5.92 Å². The fraction of sp³-hybridized carbons (Fsp3) is 0.625. The predicted octanol–water partition coefficient (Wildman–Crippen LogP) is 2.20. The number of aromatic nitrogens is 1. The molecular weight excluding hydrogens is 481 g/mol. The van der Waals surface area contributed by atoms with Gasteiger partial charge in [-0.3, -0.25) is 19.4 Å². The van der Waals surface area contributed by atoms with Crippen molar-refractivity contribution in [2.24, 2.45) is 5.92 Å². The first-order valence-corrected chi connectivity index (χ1v) is 12.2. The minimum Gasteiger partial charge on any atom is -0.475 e. The van der Waals surface area contributed by atoms with Crippen molar-refractivity contribution in [1.82, 2.24) is 20.5 Å². The molecule has 0 spiro atoms. The Labute approximate surface area is 206 Å².